The van der Waals surface area contributed by atoms with Crippen LogP contribution in [0.3, 0.4) is 0 Å². The zero-order valence-electron chi connectivity index (χ0n) is 9.33. The number of halogens is 1. The topological polar surface area (TPSA) is 20.3 Å². The molecule has 1 rings (SSSR count). The molecule has 0 aliphatic carbocycles. The maximum absolute atomic E-state index is 10.6. The number of benzene rings is 1. The molecule has 1 aromatic rings. The van der Waals surface area contributed by atoms with E-state index in [4.69, 9.17) is 11.6 Å². The minimum absolute atomic E-state index is 0.461. The second-order valence-electron chi connectivity index (χ2n) is 3.69. The third-order valence-electron chi connectivity index (χ3n) is 2.77. The van der Waals surface area contributed by atoms with Gasteiger partial charge in [0.25, 0.3) is 0 Å². The third kappa shape index (κ3) is 2.72. The lowest BCUT2D eigenvalue weighted by Crippen LogP contribution is -2.27. The Bertz CT molecular complexity index is 351. The van der Waals surface area contributed by atoms with Gasteiger partial charge in [0.2, 0.25) is 0 Å². The molecule has 2 nitrogen and oxygen atoms in total. The van der Waals surface area contributed by atoms with Crippen LogP contribution in [0, 0.1) is 0 Å². The molecule has 0 aliphatic heterocycles. The van der Waals surface area contributed by atoms with Crippen LogP contribution in [0.1, 0.15) is 30.6 Å². The van der Waals surface area contributed by atoms with Crippen molar-refractivity contribution in [1.29, 1.82) is 0 Å². The van der Waals surface area contributed by atoms with Crippen molar-refractivity contribution in [3.05, 3.63) is 28.8 Å². The molecule has 0 saturated carbocycles. The van der Waals surface area contributed by atoms with E-state index in [2.05, 4.69) is 18.7 Å². The van der Waals surface area contributed by atoms with E-state index in [0.29, 0.717) is 16.6 Å². The Morgan fingerprint density at radius 3 is 2.67 bits per heavy atom. The van der Waals surface area contributed by atoms with Gasteiger partial charge in [-0.25, -0.2) is 0 Å². The molecule has 0 saturated heterocycles. The standard InChI is InChI=1S/C12H16ClNO/c1-4-9(2)14(3)11-6-5-10(8-15)12(13)7-11/h5-9H,4H2,1-3H3. The molecule has 0 amide bonds. The third-order valence-corrected chi connectivity index (χ3v) is 3.10. The van der Waals surface area contributed by atoms with Crippen LogP contribution in [0.5, 0.6) is 0 Å². The van der Waals surface area contributed by atoms with Crippen LogP contribution in [0.25, 0.3) is 0 Å². The Labute approximate surface area is 95.8 Å². The first-order valence-electron chi connectivity index (χ1n) is 5.07. The van der Waals surface area contributed by atoms with Gasteiger partial charge in [-0.1, -0.05) is 18.5 Å². The first kappa shape index (κ1) is 12.1. The van der Waals surface area contributed by atoms with E-state index in [1.165, 1.54) is 0 Å². The number of aldehydes is 1. The van der Waals surface area contributed by atoms with Crippen LogP contribution in [0.2, 0.25) is 5.02 Å². The normalized spacial score (nSPS) is 12.3. The highest BCUT2D eigenvalue weighted by atomic mass is 35.5. The Morgan fingerprint density at radius 1 is 1.53 bits per heavy atom. The highest BCUT2D eigenvalue weighted by molar-refractivity contribution is 6.33. The fourth-order valence-corrected chi connectivity index (χ4v) is 1.58. The summed E-state index contributed by atoms with van der Waals surface area (Å²) >= 11 is 5.96. The molecule has 0 aromatic heterocycles. The van der Waals surface area contributed by atoms with Crippen LogP contribution < -0.4 is 4.90 Å². The van der Waals surface area contributed by atoms with Gasteiger partial charge in [-0.15, -0.1) is 0 Å². The lowest BCUT2D eigenvalue weighted by molar-refractivity contribution is 0.112. The Hall–Kier alpha value is -1.02. The molecule has 0 fully saturated rings. The first-order valence-corrected chi connectivity index (χ1v) is 5.45. The van der Waals surface area contributed by atoms with E-state index >= 15 is 0 Å². The molecule has 1 aromatic carbocycles. The average molecular weight is 226 g/mol. The van der Waals surface area contributed by atoms with E-state index in [9.17, 15) is 4.79 Å². The average Bonchev–Trinajstić information content (AvgIpc) is 2.26. The molecule has 0 aliphatic rings. The number of nitrogens with zero attached hydrogens (tertiary/aromatic N) is 1. The highest BCUT2D eigenvalue weighted by Gasteiger charge is 2.09. The van der Waals surface area contributed by atoms with E-state index in [1.807, 2.05) is 19.2 Å². The van der Waals surface area contributed by atoms with Gasteiger partial charge in [0.1, 0.15) is 0 Å². The van der Waals surface area contributed by atoms with E-state index < -0.39 is 0 Å². The second kappa shape index (κ2) is 5.17. The van der Waals surface area contributed by atoms with Gasteiger partial charge in [0.15, 0.2) is 6.29 Å². The van der Waals surface area contributed by atoms with Gasteiger partial charge in [-0.05, 0) is 31.5 Å². The first-order chi connectivity index (χ1) is 7.10. The molecule has 0 radical (unpaired) electrons. The number of hydrogen-bond donors (Lipinski definition) is 0. The van der Waals surface area contributed by atoms with Crippen molar-refractivity contribution in [2.45, 2.75) is 26.3 Å². The Balaban J connectivity index is 2.96. The summed E-state index contributed by atoms with van der Waals surface area (Å²) < 4.78 is 0. The monoisotopic (exact) mass is 225 g/mol. The SMILES string of the molecule is CCC(C)N(C)c1ccc(C=O)c(Cl)c1. The van der Waals surface area contributed by atoms with Gasteiger partial charge in [-0.2, -0.15) is 0 Å². The number of carbonyl (C=O) groups is 1. The highest BCUT2D eigenvalue weighted by Crippen LogP contribution is 2.23. The maximum Gasteiger partial charge on any atom is 0.151 e. The van der Waals surface area contributed by atoms with Gasteiger partial charge in [0, 0.05) is 24.3 Å². The molecule has 3 heteroatoms. The number of rotatable bonds is 4. The molecule has 15 heavy (non-hydrogen) atoms. The molecule has 0 spiro atoms. The summed E-state index contributed by atoms with van der Waals surface area (Å²) in [7, 11) is 2.03. The van der Waals surface area contributed by atoms with Crippen LogP contribution >= 0.6 is 11.6 Å². The van der Waals surface area contributed by atoms with Crippen molar-refractivity contribution < 1.29 is 4.79 Å². The van der Waals surface area contributed by atoms with Crippen molar-refractivity contribution in [1.82, 2.24) is 0 Å². The predicted octanol–water partition coefficient (Wildman–Crippen LogP) is 3.39. The van der Waals surface area contributed by atoms with Gasteiger partial charge in [-0.3, -0.25) is 4.79 Å². The minimum Gasteiger partial charge on any atom is -0.372 e. The quantitative estimate of drug-likeness (QED) is 0.733. The summed E-state index contributed by atoms with van der Waals surface area (Å²) in [6, 6.07) is 5.96. The fraction of sp³-hybridized carbons (Fsp3) is 0.417. The van der Waals surface area contributed by atoms with Gasteiger partial charge >= 0.3 is 0 Å². The van der Waals surface area contributed by atoms with Crippen molar-refractivity contribution in [2.24, 2.45) is 0 Å². The molecular formula is C12H16ClNO. The van der Waals surface area contributed by atoms with E-state index in [1.54, 1.807) is 6.07 Å². The van der Waals surface area contributed by atoms with Crippen molar-refractivity contribution in [3.63, 3.8) is 0 Å². The zero-order valence-corrected chi connectivity index (χ0v) is 10.1. The molecule has 82 valence electrons. The maximum atomic E-state index is 10.6. The Morgan fingerprint density at radius 2 is 2.20 bits per heavy atom. The molecular weight excluding hydrogens is 210 g/mol. The van der Waals surface area contributed by atoms with Crippen LogP contribution in [0.4, 0.5) is 5.69 Å². The van der Waals surface area contributed by atoms with Crippen LogP contribution in [0.15, 0.2) is 18.2 Å². The fourth-order valence-electron chi connectivity index (χ4n) is 1.36. The van der Waals surface area contributed by atoms with Gasteiger partial charge < -0.3 is 4.90 Å². The molecule has 1 atom stereocenters. The largest absolute Gasteiger partial charge is 0.372 e. The lowest BCUT2D eigenvalue weighted by atomic mass is 10.1. The minimum atomic E-state index is 0.461. The van der Waals surface area contributed by atoms with E-state index in [0.717, 1.165) is 18.4 Å². The summed E-state index contributed by atoms with van der Waals surface area (Å²) in [6.07, 6.45) is 1.85. The van der Waals surface area contributed by atoms with E-state index in [-0.39, 0.29) is 0 Å². The molecule has 0 N–H and O–H groups in total. The van der Waals surface area contributed by atoms with Crippen molar-refractivity contribution in [3.8, 4) is 0 Å². The summed E-state index contributed by atoms with van der Waals surface area (Å²) in [6.45, 7) is 4.30. The summed E-state index contributed by atoms with van der Waals surface area (Å²) in [4.78, 5) is 12.8. The predicted molar refractivity (Wildman–Crippen MR) is 65.0 cm³/mol. The van der Waals surface area contributed by atoms with Crippen molar-refractivity contribution >= 4 is 23.6 Å². The number of anilines is 1. The Kier molecular flexibility index (Phi) is 4.15. The number of hydrogen-bond acceptors (Lipinski definition) is 2. The zero-order chi connectivity index (χ0) is 11.4. The summed E-state index contributed by atoms with van der Waals surface area (Å²) in [5.41, 5.74) is 1.58. The van der Waals surface area contributed by atoms with Crippen molar-refractivity contribution in [2.75, 3.05) is 11.9 Å². The summed E-state index contributed by atoms with van der Waals surface area (Å²) in [5, 5.41) is 0.512. The number of carbonyl (C=O) groups excluding carboxylic acids is 1. The second-order valence-corrected chi connectivity index (χ2v) is 4.10. The van der Waals surface area contributed by atoms with Crippen LogP contribution in [-0.4, -0.2) is 19.4 Å². The van der Waals surface area contributed by atoms with Crippen LogP contribution in [-0.2, 0) is 0 Å². The smallest absolute Gasteiger partial charge is 0.151 e. The van der Waals surface area contributed by atoms with Gasteiger partial charge in [0.05, 0.1) is 5.02 Å². The molecule has 1 unspecified atom stereocenters. The molecule has 0 bridgehead atoms. The lowest BCUT2D eigenvalue weighted by Gasteiger charge is -2.26. The molecule has 0 heterocycles. The summed E-state index contributed by atoms with van der Waals surface area (Å²) in [5.74, 6) is 0.